The van der Waals surface area contributed by atoms with Crippen molar-refractivity contribution in [3.8, 4) is 0 Å². The lowest BCUT2D eigenvalue weighted by Crippen LogP contribution is -1.87. The first-order chi connectivity index (χ1) is 5.84. The van der Waals surface area contributed by atoms with E-state index in [2.05, 4.69) is 0 Å². The zero-order chi connectivity index (χ0) is 8.39. The molecule has 0 bridgehead atoms. The minimum Gasteiger partial charge on any atom is -0.207 e. The van der Waals surface area contributed by atoms with E-state index in [1.807, 2.05) is 6.07 Å². The fraction of sp³-hybridized carbons (Fsp3) is 0.455. The van der Waals surface area contributed by atoms with Gasteiger partial charge in [0.05, 0.1) is 0 Å². The van der Waals surface area contributed by atoms with E-state index in [9.17, 15) is 4.39 Å². The lowest BCUT2D eigenvalue weighted by molar-refractivity contribution is 0.623. The molecule has 12 heavy (non-hydrogen) atoms. The summed E-state index contributed by atoms with van der Waals surface area (Å²) in [6, 6.07) is 6.94. The van der Waals surface area contributed by atoms with Crippen LogP contribution in [-0.4, -0.2) is 0 Å². The number of halogens is 1. The molecule has 0 heterocycles. The van der Waals surface area contributed by atoms with Crippen molar-refractivity contribution in [2.24, 2.45) is 5.92 Å². The van der Waals surface area contributed by atoms with Gasteiger partial charge in [-0.1, -0.05) is 25.0 Å². The molecule has 1 saturated carbocycles. The van der Waals surface area contributed by atoms with Gasteiger partial charge >= 0.3 is 0 Å². The summed E-state index contributed by atoms with van der Waals surface area (Å²) >= 11 is 0. The molecule has 1 fully saturated rings. The summed E-state index contributed by atoms with van der Waals surface area (Å²) < 4.78 is 12.7. The van der Waals surface area contributed by atoms with Gasteiger partial charge in [0.15, 0.2) is 0 Å². The number of hydrogen-bond donors (Lipinski definition) is 0. The Hall–Kier alpha value is -0.850. The minimum atomic E-state index is -0.108. The molecule has 0 nitrogen and oxygen atoms in total. The van der Waals surface area contributed by atoms with Crippen LogP contribution in [0.5, 0.6) is 0 Å². The summed E-state index contributed by atoms with van der Waals surface area (Å²) in [6.07, 6.45) is 5.05. The van der Waals surface area contributed by atoms with Gasteiger partial charge in [0.2, 0.25) is 0 Å². The van der Waals surface area contributed by atoms with E-state index in [0.717, 1.165) is 17.9 Å². The van der Waals surface area contributed by atoms with Crippen molar-refractivity contribution < 1.29 is 4.39 Å². The zero-order valence-corrected chi connectivity index (χ0v) is 7.09. The second-order valence-electron chi connectivity index (χ2n) is 3.61. The third kappa shape index (κ3) is 2.07. The fourth-order valence-electron chi connectivity index (χ4n) is 1.47. The van der Waals surface area contributed by atoms with Crippen LogP contribution in [0.25, 0.3) is 0 Å². The lowest BCUT2D eigenvalue weighted by Gasteiger charge is -1.99. The van der Waals surface area contributed by atoms with Crippen LogP contribution in [0, 0.1) is 11.7 Å². The summed E-state index contributed by atoms with van der Waals surface area (Å²) in [4.78, 5) is 0. The van der Waals surface area contributed by atoms with Crippen LogP contribution < -0.4 is 0 Å². The smallest absolute Gasteiger partial charge is 0.123 e. The molecule has 0 aliphatic heterocycles. The minimum absolute atomic E-state index is 0.108. The van der Waals surface area contributed by atoms with E-state index >= 15 is 0 Å². The molecule has 0 N–H and O–H groups in total. The monoisotopic (exact) mass is 164 g/mol. The number of aryl methyl sites for hydroxylation is 1. The van der Waals surface area contributed by atoms with Crippen LogP contribution in [0.3, 0.4) is 0 Å². The molecule has 1 aliphatic rings. The summed E-state index contributed by atoms with van der Waals surface area (Å²) in [5.41, 5.74) is 1.14. The average molecular weight is 164 g/mol. The third-order valence-corrected chi connectivity index (χ3v) is 2.43. The van der Waals surface area contributed by atoms with E-state index in [0.29, 0.717) is 0 Å². The van der Waals surface area contributed by atoms with Crippen molar-refractivity contribution in [1.29, 1.82) is 0 Å². The molecule has 0 radical (unpaired) electrons. The first-order valence-corrected chi connectivity index (χ1v) is 4.59. The summed E-state index contributed by atoms with van der Waals surface area (Å²) in [5.74, 6) is 0.830. The van der Waals surface area contributed by atoms with Gasteiger partial charge in [0.25, 0.3) is 0 Å². The van der Waals surface area contributed by atoms with E-state index in [4.69, 9.17) is 0 Å². The van der Waals surface area contributed by atoms with Gasteiger partial charge in [0.1, 0.15) is 5.82 Å². The lowest BCUT2D eigenvalue weighted by atomic mass is 10.1. The first kappa shape index (κ1) is 7.78. The maximum Gasteiger partial charge on any atom is 0.123 e. The molecule has 0 unspecified atom stereocenters. The highest BCUT2D eigenvalue weighted by molar-refractivity contribution is 5.16. The Morgan fingerprint density at radius 1 is 1.33 bits per heavy atom. The van der Waals surface area contributed by atoms with Gasteiger partial charge in [-0.05, 0) is 36.5 Å². The van der Waals surface area contributed by atoms with E-state index < -0.39 is 0 Å². The fourth-order valence-corrected chi connectivity index (χ4v) is 1.47. The van der Waals surface area contributed by atoms with Crippen molar-refractivity contribution in [3.63, 3.8) is 0 Å². The quantitative estimate of drug-likeness (QED) is 0.643. The largest absolute Gasteiger partial charge is 0.207 e. The molecular formula is C11H13F. The van der Waals surface area contributed by atoms with Gasteiger partial charge < -0.3 is 0 Å². The number of rotatable bonds is 3. The maximum absolute atomic E-state index is 12.7. The van der Waals surface area contributed by atoms with Crippen LogP contribution in [-0.2, 0) is 6.42 Å². The Labute approximate surface area is 72.4 Å². The predicted molar refractivity (Wildman–Crippen MR) is 47.4 cm³/mol. The molecular weight excluding hydrogens is 151 g/mol. The van der Waals surface area contributed by atoms with Crippen LogP contribution >= 0.6 is 0 Å². The maximum atomic E-state index is 12.7. The van der Waals surface area contributed by atoms with E-state index in [-0.39, 0.29) is 5.82 Å². The SMILES string of the molecule is Fc1cccc(CCC2CC2)c1. The van der Waals surface area contributed by atoms with Gasteiger partial charge in [0, 0.05) is 0 Å². The van der Waals surface area contributed by atoms with Crippen molar-refractivity contribution in [1.82, 2.24) is 0 Å². The molecule has 0 atom stereocenters. The average Bonchev–Trinajstić information content (AvgIpc) is 2.84. The Morgan fingerprint density at radius 3 is 2.83 bits per heavy atom. The molecule has 0 saturated heterocycles. The Bertz CT molecular complexity index is 263. The third-order valence-electron chi connectivity index (χ3n) is 2.43. The topological polar surface area (TPSA) is 0 Å². The summed E-state index contributed by atoms with van der Waals surface area (Å²) in [7, 11) is 0. The molecule has 1 aromatic carbocycles. The predicted octanol–water partition coefficient (Wildman–Crippen LogP) is 3.17. The second kappa shape index (κ2) is 3.26. The Kier molecular flexibility index (Phi) is 2.11. The molecule has 1 heteroatoms. The van der Waals surface area contributed by atoms with E-state index in [1.165, 1.54) is 25.3 Å². The van der Waals surface area contributed by atoms with Crippen molar-refractivity contribution in [2.45, 2.75) is 25.7 Å². The summed E-state index contributed by atoms with van der Waals surface area (Å²) in [5, 5.41) is 0. The molecule has 0 spiro atoms. The summed E-state index contributed by atoms with van der Waals surface area (Å²) in [6.45, 7) is 0. The Balaban J connectivity index is 1.92. The molecule has 1 aliphatic carbocycles. The molecule has 1 aromatic rings. The molecule has 64 valence electrons. The molecule has 0 aromatic heterocycles. The van der Waals surface area contributed by atoms with Crippen LogP contribution in [0.2, 0.25) is 0 Å². The highest BCUT2D eigenvalue weighted by Gasteiger charge is 2.20. The van der Waals surface area contributed by atoms with Gasteiger partial charge in [-0.25, -0.2) is 4.39 Å². The van der Waals surface area contributed by atoms with Crippen molar-refractivity contribution in [3.05, 3.63) is 35.6 Å². The number of benzene rings is 1. The highest BCUT2D eigenvalue weighted by Crippen LogP contribution is 2.33. The van der Waals surface area contributed by atoms with Crippen LogP contribution in [0.4, 0.5) is 4.39 Å². The van der Waals surface area contributed by atoms with Crippen LogP contribution in [0.15, 0.2) is 24.3 Å². The number of hydrogen-bond acceptors (Lipinski definition) is 0. The Morgan fingerprint density at radius 2 is 2.17 bits per heavy atom. The normalized spacial score (nSPS) is 16.4. The molecule has 2 rings (SSSR count). The highest BCUT2D eigenvalue weighted by atomic mass is 19.1. The van der Waals surface area contributed by atoms with Crippen LogP contribution in [0.1, 0.15) is 24.8 Å². The zero-order valence-electron chi connectivity index (χ0n) is 7.09. The van der Waals surface area contributed by atoms with Gasteiger partial charge in [-0.15, -0.1) is 0 Å². The van der Waals surface area contributed by atoms with Crippen molar-refractivity contribution in [2.75, 3.05) is 0 Å². The first-order valence-electron chi connectivity index (χ1n) is 4.59. The van der Waals surface area contributed by atoms with E-state index in [1.54, 1.807) is 12.1 Å². The van der Waals surface area contributed by atoms with Crippen molar-refractivity contribution >= 4 is 0 Å². The van der Waals surface area contributed by atoms with Gasteiger partial charge in [-0.3, -0.25) is 0 Å². The molecule has 0 amide bonds. The van der Waals surface area contributed by atoms with Gasteiger partial charge in [-0.2, -0.15) is 0 Å². The standard InChI is InChI=1S/C11H13F/c12-11-3-1-2-10(8-11)7-6-9-4-5-9/h1-3,8-9H,4-7H2. The second-order valence-corrected chi connectivity index (χ2v) is 3.61.